The molecule has 6 heteroatoms. The van der Waals surface area contributed by atoms with E-state index in [9.17, 15) is 4.79 Å². The predicted molar refractivity (Wildman–Crippen MR) is 113 cm³/mol. The average Bonchev–Trinajstić information content (AvgIpc) is 3.19. The molecule has 1 aromatic heterocycles. The van der Waals surface area contributed by atoms with Crippen LogP contribution in [0.4, 0.5) is 5.82 Å². The molecule has 0 unspecified atom stereocenters. The summed E-state index contributed by atoms with van der Waals surface area (Å²) in [6.45, 7) is 3.70. The molecule has 0 bridgehead atoms. The number of halogens is 1. The molecule has 1 fully saturated rings. The maximum Gasteiger partial charge on any atom is 0.251 e. The minimum Gasteiger partial charge on any atom is -0.353 e. The lowest BCUT2D eigenvalue weighted by molar-refractivity contribution is 0.0933. The lowest BCUT2D eigenvalue weighted by Crippen LogP contribution is -2.48. The molecule has 0 saturated carbocycles. The molecular formula is C22H23ClN4O. The van der Waals surface area contributed by atoms with Crippen LogP contribution in [-0.2, 0) is 0 Å². The van der Waals surface area contributed by atoms with Gasteiger partial charge in [-0.3, -0.25) is 9.89 Å². The first-order valence-electron chi connectivity index (χ1n) is 9.52. The maximum atomic E-state index is 12.5. The molecule has 5 nitrogen and oxygen atoms in total. The fourth-order valence-electron chi connectivity index (χ4n) is 3.53. The number of aromatic amines is 1. The third-order valence-electron chi connectivity index (χ3n) is 5.11. The van der Waals surface area contributed by atoms with E-state index >= 15 is 0 Å². The molecule has 3 aromatic rings. The largest absolute Gasteiger partial charge is 0.353 e. The van der Waals surface area contributed by atoms with Crippen molar-refractivity contribution in [3.8, 4) is 11.3 Å². The number of rotatable bonds is 4. The normalized spacial score (nSPS) is 16.8. The SMILES string of the molecule is Cc1ccc(C(=O)N[C@@H]2CCCN(c3cc(-c4ccc(Cl)cc4)[nH]n3)C2)cc1. The molecule has 0 spiro atoms. The number of benzene rings is 2. The topological polar surface area (TPSA) is 61.0 Å². The number of piperidine rings is 1. The van der Waals surface area contributed by atoms with E-state index in [2.05, 4.69) is 20.4 Å². The monoisotopic (exact) mass is 394 g/mol. The van der Waals surface area contributed by atoms with Crippen molar-refractivity contribution < 1.29 is 4.79 Å². The van der Waals surface area contributed by atoms with Crippen LogP contribution in [-0.4, -0.2) is 35.2 Å². The number of carbonyl (C=O) groups excluding carboxylic acids is 1. The smallest absolute Gasteiger partial charge is 0.251 e. The van der Waals surface area contributed by atoms with Crippen molar-refractivity contribution in [2.24, 2.45) is 0 Å². The van der Waals surface area contributed by atoms with Crippen LogP contribution in [0.25, 0.3) is 11.3 Å². The van der Waals surface area contributed by atoms with Crippen LogP contribution >= 0.6 is 11.6 Å². The van der Waals surface area contributed by atoms with Gasteiger partial charge in [-0.2, -0.15) is 5.10 Å². The average molecular weight is 395 g/mol. The lowest BCUT2D eigenvalue weighted by atomic mass is 10.0. The van der Waals surface area contributed by atoms with E-state index < -0.39 is 0 Å². The molecule has 4 rings (SSSR count). The number of H-pyrrole nitrogens is 1. The van der Waals surface area contributed by atoms with Gasteiger partial charge in [0.25, 0.3) is 5.91 Å². The zero-order valence-electron chi connectivity index (χ0n) is 15.8. The van der Waals surface area contributed by atoms with Crippen molar-refractivity contribution in [1.82, 2.24) is 15.5 Å². The molecule has 1 aliphatic rings. The van der Waals surface area contributed by atoms with Crippen molar-refractivity contribution in [2.75, 3.05) is 18.0 Å². The Kier molecular flexibility index (Phi) is 5.35. The van der Waals surface area contributed by atoms with E-state index in [1.165, 1.54) is 0 Å². The van der Waals surface area contributed by atoms with Crippen LogP contribution in [0.2, 0.25) is 5.02 Å². The molecule has 1 saturated heterocycles. The van der Waals surface area contributed by atoms with E-state index in [1.807, 2.05) is 61.5 Å². The number of aromatic nitrogens is 2. The summed E-state index contributed by atoms with van der Waals surface area (Å²) in [6, 6.07) is 17.5. The number of anilines is 1. The van der Waals surface area contributed by atoms with Crippen LogP contribution < -0.4 is 10.2 Å². The molecule has 1 atom stereocenters. The second-order valence-corrected chi connectivity index (χ2v) is 7.71. The molecule has 2 heterocycles. The summed E-state index contributed by atoms with van der Waals surface area (Å²) in [5.74, 6) is 0.884. The zero-order valence-corrected chi connectivity index (χ0v) is 16.5. The highest BCUT2D eigenvalue weighted by atomic mass is 35.5. The van der Waals surface area contributed by atoms with E-state index in [1.54, 1.807) is 0 Å². The van der Waals surface area contributed by atoms with Crippen LogP contribution in [0, 0.1) is 6.92 Å². The summed E-state index contributed by atoms with van der Waals surface area (Å²) in [7, 11) is 0. The van der Waals surface area contributed by atoms with Gasteiger partial charge in [0, 0.05) is 35.8 Å². The molecule has 1 amide bonds. The number of nitrogens with zero attached hydrogens (tertiary/aromatic N) is 2. The van der Waals surface area contributed by atoms with Crippen molar-refractivity contribution in [3.05, 3.63) is 70.7 Å². The van der Waals surface area contributed by atoms with Gasteiger partial charge in [0.2, 0.25) is 0 Å². The summed E-state index contributed by atoms with van der Waals surface area (Å²) in [5, 5.41) is 11.5. The van der Waals surface area contributed by atoms with Crippen LogP contribution in [0.1, 0.15) is 28.8 Å². The molecule has 0 aliphatic carbocycles. The van der Waals surface area contributed by atoms with Gasteiger partial charge in [-0.15, -0.1) is 0 Å². The van der Waals surface area contributed by atoms with Gasteiger partial charge in [-0.1, -0.05) is 41.4 Å². The maximum absolute atomic E-state index is 12.5. The Morgan fingerprint density at radius 3 is 2.68 bits per heavy atom. The standard InChI is InChI=1S/C22H23ClN4O/c1-15-4-6-17(7-5-15)22(28)24-19-3-2-12-27(14-19)21-13-20(25-26-21)16-8-10-18(23)11-9-16/h4-11,13,19H,2-3,12,14H2,1H3,(H,24,28)(H,25,26)/t19-/m1/s1. The van der Waals surface area contributed by atoms with Gasteiger partial charge in [0.05, 0.1) is 5.69 Å². The number of carbonyl (C=O) groups is 1. The Balaban J connectivity index is 1.42. The molecule has 2 aromatic carbocycles. The van der Waals surface area contributed by atoms with Crippen LogP contribution in [0.5, 0.6) is 0 Å². The Labute approximate surface area is 169 Å². The zero-order chi connectivity index (χ0) is 19.5. The summed E-state index contributed by atoms with van der Waals surface area (Å²) in [5.41, 5.74) is 3.85. The Hall–Kier alpha value is -2.79. The molecule has 2 N–H and O–H groups in total. The van der Waals surface area contributed by atoms with E-state index in [0.29, 0.717) is 10.6 Å². The van der Waals surface area contributed by atoms with E-state index in [-0.39, 0.29) is 11.9 Å². The third-order valence-corrected chi connectivity index (χ3v) is 5.37. The van der Waals surface area contributed by atoms with Gasteiger partial charge >= 0.3 is 0 Å². The third kappa shape index (κ3) is 4.20. The molecular weight excluding hydrogens is 372 g/mol. The van der Waals surface area contributed by atoms with Gasteiger partial charge in [0.15, 0.2) is 5.82 Å². The molecule has 28 heavy (non-hydrogen) atoms. The second kappa shape index (κ2) is 8.07. The Bertz CT molecular complexity index is 949. The van der Waals surface area contributed by atoms with Crippen molar-refractivity contribution in [3.63, 3.8) is 0 Å². The van der Waals surface area contributed by atoms with Gasteiger partial charge in [0.1, 0.15) is 0 Å². The molecule has 0 radical (unpaired) electrons. The second-order valence-electron chi connectivity index (χ2n) is 7.27. The summed E-state index contributed by atoms with van der Waals surface area (Å²) in [6.07, 6.45) is 1.99. The van der Waals surface area contributed by atoms with E-state index in [4.69, 9.17) is 11.6 Å². The van der Waals surface area contributed by atoms with Crippen LogP contribution in [0.3, 0.4) is 0 Å². The number of amides is 1. The summed E-state index contributed by atoms with van der Waals surface area (Å²) in [4.78, 5) is 14.7. The number of hydrogen-bond donors (Lipinski definition) is 2. The predicted octanol–water partition coefficient (Wildman–Crippen LogP) is 4.44. The summed E-state index contributed by atoms with van der Waals surface area (Å²) >= 11 is 5.97. The first-order valence-corrected chi connectivity index (χ1v) is 9.90. The number of aryl methyl sites for hydroxylation is 1. The highest BCUT2D eigenvalue weighted by Gasteiger charge is 2.23. The van der Waals surface area contributed by atoms with Gasteiger partial charge < -0.3 is 10.2 Å². The van der Waals surface area contributed by atoms with Gasteiger partial charge in [-0.05, 0) is 49.6 Å². The van der Waals surface area contributed by atoms with Crippen molar-refractivity contribution in [1.29, 1.82) is 0 Å². The first-order chi connectivity index (χ1) is 13.6. The van der Waals surface area contributed by atoms with Crippen molar-refractivity contribution in [2.45, 2.75) is 25.8 Å². The first kappa shape index (κ1) is 18.6. The lowest BCUT2D eigenvalue weighted by Gasteiger charge is -2.33. The Morgan fingerprint density at radius 1 is 1.18 bits per heavy atom. The number of nitrogens with one attached hydrogen (secondary N) is 2. The fourth-order valence-corrected chi connectivity index (χ4v) is 3.65. The van der Waals surface area contributed by atoms with Crippen LogP contribution in [0.15, 0.2) is 54.6 Å². The molecule has 1 aliphatic heterocycles. The number of hydrogen-bond acceptors (Lipinski definition) is 3. The summed E-state index contributed by atoms with van der Waals surface area (Å²) < 4.78 is 0. The quantitative estimate of drug-likeness (QED) is 0.687. The van der Waals surface area contributed by atoms with E-state index in [0.717, 1.165) is 48.6 Å². The fraction of sp³-hybridized carbons (Fsp3) is 0.273. The van der Waals surface area contributed by atoms with Gasteiger partial charge in [-0.25, -0.2) is 0 Å². The highest BCUT2D eigenvalue weighted by Crippen LogP contribution is 2.25. The minimum atomic E-state index is -0.0178. The van der Waals surface area contributed by atoms with Crippen molar-refractivity contribution >= 4 is 23.3 Å². The highest BCUT2D eigenvalue weighted by molar-refractivity contribution is 6.30. The minimum absolute atomic E-state index is 0.0178. The Morgan fingerprint density at radius 2 is 1.93 bits per heavy atom. The molecule has 144 valence electrons.